The molecule has 4 heteroatoms. The molecule has 1 aromatic carbocycles. The zero-order valence-corrected chi connectivity index (χ0v) is 9.29. The Hall–Kier alpha value is -1.97. The lowest BCUT2D eigenvalue weighted by Gasteiger charge is -2.01. The van der Waals surface area contributed by atoms with E-state index in [4.69, 9.17) is 0 Å². The summed E-state index contributed by atoms with van der Waals surface area (Å²) in [5.41, 5.74) is 1.49. The van der Waals surface area contributed by atoms with E-state index in [-0.39, 0.29) is 0 Å². The van der Waals surface area contributed by atoms with Gasteiger partial charge in [-0.25, -0.2) is 9.67 Å². The molecule has 4 nitrogen and oxygen atoms in total. The van der Waals surface area contributed by atoms with E-state index in [1.165, 1.54) is 0 Å². The van der Waals surface area contributed by atoms with Crippen molar-refractivity contribution < 1.29 is 4.79 Å². The fraction of sp³-hybridized carbons (Fsp3) is 0.250. The molecule has 0 N–H and O–H groups in total. The molecule has 0 saturated heterocycles. The Morgan fingerprint density at radius 2 is 2.19 bits per heavy atom. The Bertz CT molecular complexity index is 502. The second-order valence-corrected chi connectivity index (χ2v) is 3.91. The SMILES string of the molecule is CC(C)c1ncn(-c2cccc(C=O)c2)n1. The molecule has 1 aromatic heterocycles. The van der Waals surface area contributed by atoms with Crippen LogP contribution in [0.3, 0.4) is 0 Å². The van der Waals surface area contributed by atoms with Crippen molar-refractivity contribution in [1.82, 2.24) is 14.8 Å². The van der Waals surface area contributed by atoms with Gasteiger partial charge in [0, 0.05) is 11.5 Å². The molecule has 82 valence electrons. The summed E-state index contributed by atoms with van der Waals surface area (Å²) < 4.78 is 1.68. The lowest BCUT2D eigenvalue weighted by molar-refractivity contribution is 0.112. The lowest BCUT2D eigenvalue weighted by Crippen LogP contribution is -1.98. The standard InChI is InChI=1S/C12H13N3O/c1-9(2)12-13-8-15(14-12)11-5-3-4-10(6-11)7-16/h3-9H,1-2H3. The molecule has 0 aliphatic carbocycles. The number of carbonyl (C=O) groups excluding carboxylic acids is 1. The van der Waals surface area contributed by atoms with Crippen LogP contribution >= 0.6 is 0 Å². The fourth-order valence-electron chi connectivity index (χ4n) is 1.41. The second kappa shape index (κ2) is 4.26. The van der Waals surface area contributed by atoms with Gasteiger partial charge in [-0.05, 0) is 12.1 Å². The summed E-state index contributed by atoms with van der Waals surface area (Å²) >= 11 is 0. The van der Waals surface area contributed by atoms with Crippen LogP contribution in [0.5, 0.6) is 0 Å². The van der Waals surface area contributed by atoms with Crippen molar-refractivity contribution in [2.75, 3.05) is 0 Å². The molecule has 0 aliphatic rings. The summed E-state index contributed by atoms with van der Waals surface area (Å²) in [6, 6.07) is 7.27. The largest absolute Gasteiger partial charge is 0.298 e. The predicted octanol–water partition coefficient (Wildman–Crippen LogP) is 2.20. The number of hydrogen-bond acceptors (Lipinski definition) is 3. The van der Waals surface area contributed by atoms with Gasteiger partial charge in [0.15, 0.2) is 5.82 Å². The molecule has 2 aromatic rings. The van der Waals surface area contributed by atoms with Crippen LogP contribution in [0.2, 0.25) is 0 Å². The number of benzene rings is 1. The summed E-state index contributed by atoms with van der Waals surface area (Å²) in [7, 11) is 0. The van der Waals surface area contributed by atoms with Gasteiger partial charge in [-0.2, -0.15) is 5.10 Å². The van der Waals surface area contributed by atoms with Crippen molar-refractivity contribution in [1.29, 1.82) is 0 Å². The van der Waals surface area contributed by atoms with Crippen molar-refractivity contribution in [3.05, 3.63) is 42.0 Å². The molecule has 0 aliphatic heterocycles. The number of nitrogens with zero attached hydrogens (tertiary/aromatic N) is 3. The van der Waals surface area contributed by atoms with Crippen LogP contribution in [0.25, 0.3) is 5.69 Å². The number of aromatic nitrogens is 3. The monoisotopic (exact) mass is 215 g/mol. The molecule has 16 heavy (non-hydrogen) atoms. The molecular formula is C12H13N3O. The first-order valence-corrected chi connectivity index (χ1v) is 5.18. The van der Waals surface area contributed by atoms with Crippen molar-refractivity contribution in [2.45, 2.75) is 19.8 Å². The predicted molar refractivity (Wildman–Crippen MR) is 60.8 cm³/mol. The second-order valence-electron chi connectivity index (χ2n) is 3.91. The first-order valence-electron chi connectivity index (χ1n) is 5.18. The summed E-state index contributed by atoms with van der Waals surface area (Å²) in [5.74, 6) is 1.10. The van der Waals surface area contributed by atoms with Gasteiger partial charge in [0.05, 0.1) is 5.69 Å². The van der Waals surface area contributed by atoms with Crippen molar-refractivity contribution >= 4 is 6.29 Å². The normalized spacial score (nSPS) is 10.7. The molecular weight excluding hydrogens is 202 g/mol. The van der Waals surface area contributed by atoms with Gasteiger partial charge < -0.3 is 0 Å². The molecule has 0 radical (unpaired) electrons. The molecule has 0 bridgehead atoms. The van der Waals surface area contributed by atoms with Crippen molar-refractivity contribution in [3.63, 3.8) is 0 Å². The Balaban J connectivity index is 2.38. The Labute approximate surface area is 93.9 Å². The topological polar surface area (TPSA) is 47.8 Å². The molecule has 0 atom stereocenters. The average Bonchev–Trinajstić information content (AvgIpc) is 2.78. The van der Waals surface area contributed by atoms with E-state index in [9.17, 15) is 4.79 Å². The molecule has 0 saturated carbocycles. The summed E-state index contributed by atoms with van der Waals surface area (Å²) in [5, 5.41) is 4.35. The molecule has 0 unspecified atom stereocenters. The van der Waals surface area contributed by atoms with Crippen LogP contribution < -0.4 is 0 Å². The maximum absolute atomic E-state index is 10.7. The lowest BCUT2D eigenvalue weighted by atomic mass is 10.2. The zero-order chi connectivity index (χ0) is 11.5. The van der Waals surface area contributed by atoms with E-state index < -0.39 is 0 Å². The van der Waals surface area contributed by atoms with Crippen LogP contribution in [0, 0.1) is 0 Å². The highest BCUT2D eigenvalue weighted by Crippen LogP contribution is 2.12. The summed E-state index contributed by atoms with van der Waals surface area (Å²) in [6.45, 7) is 4.09. The van der Waals surface area contributed by atoms with E-state index in [0.29, 0.717) is 11.5 Å². The maximum Gasteiger partial charge on any atom is 0.153 e. The van der Waals surface area contributed by atoms with E-state index in [1.807, 2.05) is 26.0 Å². The number of carbonyl (C=O) groups is 1. The fourth-order valence-corrected chi connectivity index (χ4v) is 1.41. The van der Waals surface area contributed by atoms with Crippen LogP contribution in [-0.4, -0.2) is 21.1 Å². The Morgan fingerprint density at radius 1 is 1.38 bits per heavy atom. The first kappa shape index (κ1) is 10.5. The highest BCUT2D eigenvalue weighted by Gasteiger charge is 2.06. The van der Waals surface area contributed by atoms with Crippen molar-refractivity contribution in [2.24, 2.45) is 0 Å². The minimum Gasteiger partial charge on any atom is -0.298 e. The van der Waals surface area contributed by atoms with Gasteiger partial charge in [0.25, 0.3) is 0 Å². The van der Waals surface area contributed by atoms with Crippen molar-refractivity contribution in [3.8, 4) is 5.69 Å². The van der Waals surface area contributed by atoms with Crippen LogP contribution in [-0.2, 0) is 0 Å². The van der Waals surface area contributed by atoms with Gasteiger partial charge in [0.1, 0.15) is 12.6 Å². The van der Waals surface area contributed by atoms with Gasteiger partial charge in [0.2, 0.25) is 0 Å². The van der Waals surface area contributed by atoms with Gasteiger partial charge in [-0.3, -0.25) is 4.79 Å². The zero-order valence-electron chi connectivity index (χ0n) is 9.29. The highest BCUT2D eigenvalue weighted by atomic mass is 16.1. The number of hydrogen-bond donors (Lipinski definition) is 0. The van der Waals surface area contributed by atoms with E-state index in [0.717, 1.165) is 17.8 Å². The number of aldehydes is 1. The minimum absolute atomic E-state index is 0.301. The molecule has 0 spiro atoms. The summed E-state index contributed by atoms with van der Waals surface area (Å²) in [6.07, 6.45) is 2.49. The number of rotatable bonds is 3. The summed E-state index contributed by atoms with van der Waals surface area (Å²) in [4.78, 5) is 14.9. The molecule has 0 amide bonds. The van der Waals surface area contributed by atoms with E-state index >= 15 is 0 Å². The first-order chi connectivity index (χ1) is 7.70. The third kappa shape index (κ3) is 2.00. The van der Waals surface area contributed by atoms with Gasteiger partial charge in [-0.1, -0.05) is 26.0 Å². The maximum atomic E-state index is 10.7. The molecule has 2 rings (SSSR count). The molecule has 0 fully saturated rings. The minimum atomic E-state index is 0.301. The third-order valence-corrected chi connectivity index (χ3v) is 2.30. The van der Waals surface area contributed by atoms with Gasteiger partial charge in [-0.15, -0.1) is 0 Å². The average molecular weight is 215 g/mol. The van der Waals surface area contributed by atoms with E-state index in [2.05, 4.69) is 10.1 Å². The van der Waals surface area contributed by atoms with Gasteiger partial charge >= 0.3 is 0 Å². The Morgan fingerprint density at radius 3 is 2.81 bits per heavy atom. The van der Waals surface area contributed by atoms with Crippen LogP contribution in [0.4, 0.5) is 0 Å². The highest BCUT2D eigenvalue weighted by molar-refractivity contribution is 5.75. The van der Waals surface area contributed by atoms with E-state index in [1.54, 1.807) is 23.1 Å². The molecule has 1 heterocycles. The third-order valence-electron chi connectivity index (χ3n) is 2.30. The van der Waals surface area contributed by atoms with Crippen LogP contribution in [0.1, 0.15) is 35.9 Å². The van der Waals surface area contributed by atoms with Crippen LogP contribution in [0.15, 0.2) is 30.6 Å². The quantitative estimate of drug-likeness (QED) is 0.737. The smallest absolute Gasteiger partial charge is 0.153 e. The Kier molecular flexibility index (Phi) is 2.81.